The highest BCUT2D eigenvalue weighted by Gasteiger charge is 2.39. The predicted molar refractivity (Wildman–Crippen MR) is 146 cm³/mol. The van der Waals surface area contributed by atoms with Gasteiger partial charge in [0.1, 0.15) is 0 Å². The number of imide groups is 1. The van der Waals surface area contributed by atoms with Gasteiger partial charge in [-0.3, -0.25) is 24.5 Å². The summed E-state index contributed by atoms with van der Waals surface area (Å²) in [5.74, 6) is -2.50. The lowest BCUT2D eigenvalue weighted by Gasteiger charge is -2.19. The van der Waals surface area contributed by atoms with Crippen molar-refractivity contribution in [2.45, 2.75) is 20.0 Å². The maximum atomic E-state index is 13.4. The highest BCUT2D eigenvalue weighted by molar-refractivity contribution is 6.35. The zero-order valence-electron chi connectivity index (χ0n) is 21.5. The Kier molecular flexibility index (Phi) is 6.79. The van der Waals surface area contributed by atoms with Crippen LogP contribution in [-0.2, 0) is 4.74 Å². The van der Waals surface area contributed by atoms with E-state index in [1.807, 2.05) is 6.07 Å². The number of fused-ring (bicyclic) bond motifs is 1. The lowest BCUT2D eigenvalue weighted by molar-refractivity contribution is -0.384. The number of benzene rings is 4. The smallest absolute Gasteiger partial charge is 0.339 e. The van der Waals surface area contributed by atoms with Crippen molar-refractivity contribution in [3.05, 3.63) is 140 Å². The summed E-state index contributed by atoms with van der Waals surface area (Å²) in [4.78, 5) is 64.8. The summed E-state index contributed by atoms with van der Waals surface area (Å²) < 4.78 is 5.64. The van der Waals surface area contributed by atoms with Crippen molar-refractivity contribution < 1.29 is 28.8 Å². The second-order valence-electron chi connectivity index (χ2n) is 9.31. The topological polar surface area (TPSA) is 124 Å². The zero-order chi connectivity index (χ0) is 28.6. The van der Waals surface area contributed by atoms with E-state index in [-0.39, 0.29) is 33.5 Å². The Hall–Kier alpha value is -5.44. The largest absolute Gasteiger partial charge is 0.445 e. The monoisotopic (exact) mass is 534 g/mol. The lowest BCUT2D eigenvalue weighted by atomic mass is 9.99. The molecule has 0 spiro atoms. The molecule has 40 heavy (non-hydrogen) atoms. The molecule has 9 heteroatoms. The molecule has 198 valence electrons. The summed E-state index contributed by atoms with van der Waals surface area (Å²) in [5.41, 5.74) is 2.48. The molecule has 4 aromatic carbocycles. The number of nitro groups is 1. The zero-order valence-corrected chi connectivity index (χ0v) is 21.5. The molecule has 4 aromatic rings. The van der Waals surface area contributed by atoms with Gasteiger partial charge < -0.3 is 4.74 Å². The van der Waals surface area contributed by atoms with E-state index in [0.717, 1.165) is 16.0 Å². The third-order valence-electron chi connectivity index (χ3n) is 6.71. The Morgan fingerprint density at radius 3 is 2.02 bits per heavy atom. The Morgan fingerprint density at radius 1 is 0.775 bits per heavy atom. The van der Waals surface area contributed by atoms with Gasteiger partial charge in [-0.1, -0.05) is 48.5 Å². The number of anilines is 1. The molecule has 0 bridgehead atoms. The molecule has 5 rings (SSSR count). The number of nitrogens with zero attached hydrogens (tertiary/aromatic N) is 2. The van der Waals surface area contributed by atoms with Crippen LogP contribution in [0.1, 0.15) is 64.2 Å². The summed E-state index contributed by atoms with van der Waals surface area (Å²) in [6.45, 7) is 3.60. The van der Waals surface area contributed by atoms with Gasteiger partial charge in [0.15, 0.2) is 6.10 Å². The van der Waals surface area contributed by atoms with Crippen LogP contribution < -0.4 is 4.90 Å². The molecular weight excluding hydrogens is 512 g/mol. The molecule has 0 N–H and O–H groups in total. The van der Waals surface area contributed by atoms with Crippen molar-refractivity contribution in [1.29, 1.82) is 0 Å². The number of ketones is 1. The first kappa shape index (κ1) is 26.2. The minimum Gasteiger partial charge on any atom is -0.445 e. The van der Waals surface area contributed by atoms with Crippen molar-refractivity contribution in [3.63, 3.8) is 0 Å². The number of amides is 2. The first-order valence-corrected chi connectivity index (χ1v) is 12.3. The fraction of sp³-hybridized carbons (Fsp3) is 0.0968. The summed E-state index contributed by atoms with van der Waals surface area (Å²) in [7, 11) is 0. The lowest BCUT2D eigenvalue weighted by Crippen LogP contribution is -2.30. The number of carbonyl (C=O) groups is 4. The molecule has 1 atom stereocenters. The van der Waals surface area contributed by atoms with Crippen molar-refractivity contribution in [3.8, 4) is 0 Å². The molecule has 1 aliphatic rings. The number of esters is 1. The number of hydrogen-bond donors (Lipinski definition) is 0. The molecule has 0 saturated heterocycles. The average molecular weight is 535 g/mol. The van der Waals surface area contributed by atoms with Crippen LogP contribution in [0.15, 0.2) is 91.0 Å². The van der Waals surface area contributed by atoms with Gasteiger partial charge in [-0.25, -0.2) is 9.69 Å². The average Bonchev–Trinajstić information content (AvgIpc) is 3.20. The molecule has 0 unspecified atom stereocenters. The predicted octanol–water partition coefficient (Wildman–Crippen LogP) is 5.79. The number of rotatable bonds is 7. The van der Waals surface area contributed by atoms with Gasteiger partial charge in [0, 0.05) is 23.3 Å². The van der Waals surface area contributed by atoms with E-state index >= 15 is 0 Å². The molecular formula is C31H22N2O7. The van der Waals surface area contributed by atoms with Crippen LogP contribution in [0.3, 0.4) is 0 Å². The summed E-state index contributed by atoms with van der Waals surface area (Å²) in [6.07, 6.45) is -1.41. The molecule has 2 amide bonds. The molecule has 0 aliphatic carbocycles. The number of Topliss-reactive ketones (excluding diaryl/α,β-unsaturated/α-hetero) is 1. The number of ether oxygens (including phenoxy) is 1. The van der Waals surface area contributed by atoms with Crippen LogP contribution in [0.4, 0.5) is 11.4 Å². The second-order valence-corrected chi connectivity index (χ2v) is 9.31. The fourth-order valence-corrected chi connectivity index (χ4v) is 4.70. The SMILES string of the molecule is Cc1cccc(C)c1N1C(=O)c2ccc(C(=O)O[C@@H](C(=O)c3ccccc3)c3ccc([N+](=O)[O-])cc3)cc2C1=O. The van der Waals surface area contributed by atoms with Gasteiger partial charge in [-0.15, -0.1) is 0 Å². The number of non-ortho nitro benzene ring substituents is 1. The molecule has 0 fully saturated rings. The Labute approximate surface area is 228 Å². The van der Waals surface area contributed by atoms with E-state index in [4.69, 9.17) is 4.74 Å². The number of para-hydroxylation sites is 1. The molecule has 1 aliphatic heterocycles. The maximum Gasteiger partial charge on any atom is 0.339 e. The molecule has 0 saturated carbocycles. The number of hydrogen-bond acceptors (Lipinski definition) is 7. The quantitative estimate of drug-likeness (QED) is 0.0966. The maximum absolute atomic E-state index is 13.4. The van der Waals surface area contributed by atoms with Crippen molar-refractivity contribution in [2.24, 2.45) is 0 Å². The van der Waals surface area contributed by atoms with Crippen molar-refractivity contribution in [1.82, 2.24) is 0 Å². The normalized spacial score (nSPS) is 13.1. The third-order valence-corrected chi connectivity index (χ3v) is 6.71. The van der Waals surface area contributed by atoms with Gasteiger partial charge in [0.05, 0.1) is 27.3 Å². The number of aryl methyl sites for hydroxylation is 2. The highest BCUT2D eigenvalue weighted by Crippen LogP contribution is 2.34. The first-order chi connectivity index (χ1) is 19.2. The van der Waals surface area contributed by atoms with Gasteiger partial charge in [-0.2, -0.15) is 0 Å². The number of nitro benzene ring substituents is 1. The highest BCUT2D eigenvalue weighted by atomic mass is 16.6. The van der Waals surface area contributed by atoms with Crippen LogP contribution in [0.2, 0.25) is 0 Å². The fourth-order valence-electron chi connectivity index (χ4n) is 4.70. The van der Waals surface area contributed by atoms with Gasteiger partial charge in [0.25, 0.3) is 17.5 Å². The van der Waals surface area contributed by atoms with E-state index in [1.165, 1.54) is 42.5 Å². The second kappa shape index (κ2) is 10.4. The van der Waals surface area contributed by atoms with E-state index in [1.54, 1.807) is 56.3 Å². The summed E-state index contributed by atoms with van der Waals surface area (Å²) in [5, 5.41) is 11.1. The minimum atomic E-state index is -1.41. The first-order valence-electron chi connectivity index (χ1n) is 12.3. The van der Waals surface area contributed by atoms with Crippen LogP contribution >= 0.6 is 0 Å². The molecule has 1 heterocycles. The van der Waals surface area contributed by atoms with Crippen LogP contribution in [0.5, 0.6) is 0 Å². The Morgan fingerprint density at radius 2 is 1.40 bits per heavy atom. The van der Waals surface area contributed by atoms with E-state index < -0.39 is 34.6 Å². The van der Waals surface area contributed by atoms with Crippen molar-refractivity contribution >= 4 is 34.9 Å². The summed E-state index contributed by atoms with van der Waals surface area (Å²) >= 11 is 0. The van der Waals surface area contributed by atoms with E-state index in [9.17, 15) is 29.3 Å². The van der Waals surface area contributed by atoms with E-state index in [2.05, 4.69) is 0 Å². The number of carbonyl (C=O) groups excluding carboxylic acids is 4. The van der Waals surface area contributed by atoms with Gasteiger partial charge in [-0.05, 0) is 55.3 Å². The van der Waals surface area contributed by atoms with Crippen LogP contribution in [0.25, 0.3) is 0 Å². The standard InChI is InChI=1S/C31H22N2O7/c1-18-7-6-8-19(2)26(18)32-29(35)24-16-13-22(17-25(24)30(32)36)31(37)40-28(27(34)20-9-4-3-5-10-20)21-11-14-23(15-12-21)33(38)39/h3-17,28H,1-2H3/t28-/m1/s1. The van der Waals surface area contributed by atoms with Gasteiger partial charge >= 0.3 is 5.97 Å². The molecule has 0 radical (unpaired) electrons. The van der Waals surface area contributed by atoms with Gasteiger partial charge in [0.2, 0.25) is 5.78 Å². The summed E-state index contributed by atoms with van der Waals surface area (Å²) in [6, 6.07) is 22.8. The Balaban J connectivity index is 1.47. The molecule has 0 aromatic heterocycles. The van der Waals surface area contributed by atoms with Crippen molar-refractivity contribution in [2.75, 3.05) is 4.90 Å². The molecule has 9 nitrogen and oxygen atoms in total. The Bertz CT molecular complexity index is 1670. The van der Waals surface area contributed by atoms with Crippen LogP contribution in [-0.4, -0.2) is 28.5 Å². The van der Waals surface area contributed by atoms with Crippen LogP contribution in [0, 0.1) is 24.0 Å². The van der Waals surface area contributed by atoms with E-state index in [0.29, 0.717) is 5.69 Å². The minimum absolute atomic E-state index is 0.0315. The third kappa shape index (κ3) is 4.64.